The summed E-state index contributed by atoms with van der Waals surface area (Å²) in [4.78, 5) is 11.4. The summed E-state index contributed by atoms with van der Waals surface area (Å²) in [5.74, 6) is 4.37. The third-order valence-electron chi connectivity index (χ3n) is 4.67. The normalized spacial score (nSPS) is 15.0. The van der Waals surface area contributed by atoms with E-state index in [2.05, 4.69) is 27.1 Å². The molecule has 0 spiro atoms. The zero-order chi connectivity index (χ0) is 18.7. The number of hydrogen-bond donors (Lipinski definition) is 1. The summed E-state index contributed by atoms with van der Waals surface area (Å²) < 4.78 is 10.7. The Morgan fingerprint density at radius 1 is 1.08 bits per heavy atom. The highest BCUT2D eigenvalue weighted by molar-refractivity contribution is 6.32. The monoisotopic (exact) mass is 376 g/mol. The third-order valence-corrected chi connectivity index (χ3v) is 4.96. The van der Waals surface area contributed by atoms with E-state index in [9.17, 15) is 0 Å². The van der Waals surface area contributed by atoms with Gasteiger partial charge in [0.25, 0.3) is 0 Å². The molecule has 3 rings (SSSR count). The third kappa shape index (κ3) is 4.12. The molecular weight excluding hydrogens is 352 g/mol. The molecule has 0 unspecified atom stereocenters. The van der Waals surface area contributed by atoms with Crippen LogP contribution in [0.5, 0.6) is 11.5 Å². The number of halogens is 1. The minimum absolute atomic E-state index is 0.497. The van der Waals surface area contributed by atoms with Gasteiger partial charge in [0.05, 0.1) is 24.9 Å². The van der Waals surface area contributed by atoms with E-state index in [1.165, 1.54) is 12.8 Å². The van der Waals surface area contributed by atoms with Crippen LogP contribution in [0.2, 0.25) is 5.02 Å². The highest BCUT2D eigenvalue weighted by Gasteiger charge is 2.18. The minimum Gasteiger partial charge on any atom is -0.495 e. The first-order valence-electron chi connectivity index (χ1n) is 8.79. The van der Waals surface area contributed by atoms with Gasteiger partial charge >= 0.3 is 0 Å². The predicted octanol–water partition coefficient (Wildman–Crippen LogP) is 4.44. The second-order valence-corrected chi connectivity index (χ2v) is 7.05. The SMILES string of the molecule is COc1cc(Nc2cc(N3CCC(C)CC3)nc(C)n2)c(OC)cc1Cl. The summed E-state index contributed by atoms with van der Waals surface area (Å²) in [7, 11) is 3.19. The van der Waals surface area contributed by atoms with Gasteiger partial charge in [-0.05, 0) is 25.7 Å². The van der Waals surface area contributed by atoms with Gasteiger partial charge in [-0.1, -0.05) is 18.5 Å². The van der Waals surface area contributed by atoms with Crippen molar-refractivity contribution in [3.05, 3.63) is 29.0 Å². The lowest BCUT2D eigenvalue weighted by atomic mass is 9.99. The Morgan fingerprint density at radius 3 is 2.42 bits per heavy atom. The van der Waals surface area contributed by atoms with E-state index in [-0.39, 0.29) is 0 Å². The van der Waals surface area contributed by atoms with Crippen LogP contribution in [-0.2, 0) is 0 Å². The molecule has 1 aromatic heterocycles. The summed E-state index contributed by atoms with van der Waals surface area (Å²) >= 11 is 6.18. The Balaban J connectivity index is 1.88. The lowest BCUT2D eigenvalue weighted by molar-refractivity contribution is 0.405. The Labute approximate surface area is 159 Å². The van der Waals surface area contributed by atoms with Crippen LogP contribution in [0.4, 0.5) is 17.3 Å². The highest BCUT2D eigenvalue weighted by atomic mass is 35.5. The molecule has 0 atom stereocenters. The van der Waals surface area contributed by atoms with Crippen LogP contribution in [-0.4, -0.2) is 37.3 Å². The van der Waals surface area contributed by atoms with Crippen LogP contribution in [0.25, 0.3) is 0 Å². The second-order valence-electron chi connectivity index (χ2n) is 6.64. The summed E-state index contributed by atoms with van der Waals surface area (Å²) in [5, 5.41) is 3.81. The van der Waals surface area contributed by atoms with Gasteiger partial charge in [-0.25, -0.2) is 9.97 Å². The molecule has 1 N–H and O–H groups in total. The van der Waals surface area contributed by atoms with E-state index in [4.69, 9.17) is 21.1 Å². The molecule has 0 amide bonds. The summed E-state index contributed by atoms with van der Waals surface area (Å²) in [6.07, 6.45) is 2.38. The van der Waals surface area contributed by atoms with Gasteiger partial charge in [-0.15, -0.1) is 0 Å². The fraction of sp³-hybridized carbons (Fsp3) is 0.474. The van der Waals surface area contributed by atoms with Crippen LogP contribution < -0.4 is 19.7 Å². The van der Waals surface area contributed by atoms with Crippen molar-refractivity contribution >= 4 is 28.9 Å². The van der Waals surface area contributed by atoms with Crippen molar-refractivity contribution in [1.82, 2.24) is 9.97 Å². The Hall–Kier alpha value is -2.21. The van der Waals surface area contributed by atoms with Gasteiger partial charge < -0.3 is 19.7 Å². The van der Waals surface area contributed by atoms with Crippen LogP contribution in [0, 0.1) is 12.8 Å². The number of piperidine rings is 1. The van der Waals surface area contributed by atoms with Crippen LogP contribution in [0.3, 0.4) is 0 Å². The van der Waals surface area contributed by atoms with Crippen molar-refractivity contribution in [2.45, 2.75) is 26.7 Å². The van der Waals surface area contributed by atoms with Crippen molar-refractivity contribution in [3.63, 3.8) is 0 Å². The molecule has 0 saturated carbocycles. The van der Waals surface area contributed by atoms with Crippen molar-refractivity contribution in [2.24, 2.45) is 5.92 Å². The van der Waals surface area contributed by atoms with E-state index in [0.717, 1.165) is 36.3 Å². The summed E-state index contributed by atoms with van der Waals surface area (Å²) in [5.41, 5.74) is 0.741. The molecule has 1 aliphatic heterocycles. The Bertz CT molecular complexity index is 776. The number of benzene rings is 1. The number of hydrogen-bond acceptors (Lipinski definition) is 6. The topological polar surface area (TPSA) is 59.5 Å². The lowest BCUT2D eigenvalue weighted by Gasteiger charge is -2.31. The number of aryl methyl sites for hydroxylation is 1. The first kappa shape index (κ1) is 18.6. The molecule has 2 aromatic rings. The van der Waals surface area contributed by atoms with Crippen LogP contribution in [0.15, 0.2) is 18.2 Å². The van der Waals surface area contributed by atoms with Gasteiger partial charge in [0, 0.05) is 31.3 Å². The summed E-state index contributed by atoms with van der Waals surface area (Å²) in [6, 6.07) is 5.51. The van der Waals surface area contributed by atoms with E-state index in [1.54, 1.807) is 26.4 Å². The maximum Gasteiger partial charge on any atom is 0.144 e. The fourth-order valence-corrected chi connectivity index (χ4v) is 3.34. The van der Waals surface area contributed by atoms with Crippen LogP contribution in [0.1, 0.15) is 25.6 Å². The number of nitrogens with one attached hydrogen (secondary N) is 1. The average molecular weight is 377 g/mol. The number of rotatable bonds is 5. The number of methoxy groups -OCH3 is 2. The average Bonchev–Trinajstić information content (AvgIpc) is 2.63. The van der Waals surface area contributed by atoms with E-state index in [0.29, 0.717) is 22.3 Å². The number of ether oxygens (including phenoxy) is 2. The maximum atomic E-state index is 6.18. The molecule has 2 heterocycles. The Kier molecular flexibility index (Phi) is 5.71. The molecule has 26 heavy (non-hydrogen) atoms. The second kappa shape index (κ2) is 7.99. The van der Waals surface area contributed by atoms with E-state index >= 15 is 0 Å². The molecule has 0 bridgehead atoms. The Morgan fingerprint density at radius 2 is 1.77 bits per heavy atom. The molecule has 140 valence electrons. The smallest absolute Gasteiger partial charge is 0.144 e. The van der Waals surface area contributed by atoms with Gasteiger partial charge in [0.1, 0.15) is 29.0 Å². The van der Waals surface area contributed by atoms with E-state index in [1.807, 2.05) is 13.0 Å². The van der Waals surface area contributed by atoms with Gasteiger partial charge in [0.15, 0.2) is 0 Å². The van der Waals surface area contributed by atoms with Gasteiger partial charge in [-0.3, -0.25) is 0 Å². The minimum atomic E-state index is 0.497. The zero-order valence-corrected chi connectivity index (χ0v) is 16.4. The van der Waals surface area contributed by atoms with E-state index < -0.39 is 0 Å². The number of aromatic nitrogens is 2. The first-order valence-corrected chi connectivity index (χ1v) is 9.17. The van der Waals surface area contributed by atoms with Crippen molar-refractivity contribution in [2.75, 3.05) is 37.5 Å². The standard InChI is InChI=1S/C19H25ClN4O2/c1-12-5-7-24(8-6-12)19-11-18(21-13(2)22-19)23-15-10-16(25-3)14(20)9-17(15)26-4/h9-12H,5-8H2,1-4H3,(H,21,22,23). The molecule has 0 radical (unpaired) electrons. The molecule has 1 fully saturated rings. The lowest BCUT2D eigenvalue weighted by Crippen LogP contribution is -2.33. The van der Waals surface area contributed by atoms with Gasteiger partial charge in [0.2, 0.25) is 0 Å². The van der Waals surface area contributed by atoms with Crippen molar-refractivity contribution in [3.8, 4) is 11.5 Å². The molecule has 0 aliphatic carbocycles. The first-order chi connectivity index (χ1) is 12.5. The van der Waals surface area contributed by atoms with Crippen molar-refractivity contribution < 1.29 is 9.47 Å². The number of nitrogens with zero attached hydrogens (tertiary/aromatic N) is 3. The molecule has 1 aliphatic rings. The molecule has 6 nitrogen and oxygen atoms in total. The van der Waals surface area contributed by atoms with Crippen LogP contribution >= 0.6 is 11.6 Å². The molecular formula is C19H25ClN4O2. The predicted molar refractivity (Wildman–Crippen MR) is 105 cm³/mol. The molecule has 1 aromatic carbocycles. The largest absolute Gasteiger partial charge is 0.495 e. The number of anilines is 3. The molecule has 7 heteroatoms. The quantitative estimate of drug-likeness (QED) is 0.832. The zero-order valence-electron chi connectivity index (χ0n) is 15.7. The molecule has 1 saturated heterocycles. The fourth-order valence-electron chi connectivity index (χ4n) is 3.11. The maximum absolute atomic E-state index is 6.18. The van der Waals surface area contributed by atoms with Gasteiger partial charge in [-0.2, -0.15) is 0 Å². The van der Waals surface area contributed by atoms with Crippen molar-refractivity contribution in [1.29, 1.82) is 0 Å². The summed E-state index contributed by atoms with van der Waals surface area (Å²) in [6.45, 7) is 6.25. The highest BCUT2D eigenvalue weighted by Crippen LogP contribution is 2.37.